The highest BCUT2D eigenvalue weighted by Crippen LogP contribution is 2.14. The van der Waals surface area contributed by atoms with Crippen molar-refractivity contribution >= 4 is 23.1 Å². The maximum atomic E-state index is 5.70. The lowest BCUT2D eigenvalue weighted by atomic mass is 10.2. The van der Waals surface area contributed by atoms with E-state index in [2.05, 4.69) is 15.3 Å². The molecule has 1 N–H and O–H groups in total. The highest BCUT2D eigenvalue weighted by molar-refractivity contribution is 6.17. The lowest BCUT2D eigenvalue weighted by Crippen LogP contribution is -1.93. The maximum Gasteiger partial charge on any atom is 0.148 e. The minimum Gasteiger partial charge on any atom is -0.339 e. The summed E-state index contributed by atoms with van der Waals surface area (Å²) in [6, 6.07) is 7.89. The summed E-state index contributed by atoms with van der Waals surface area (Å²) in [5.74, 6) is 1.27. The van der Waals surface area contributed by atoms with E-state index in [1.807, 2.05) is 24.3 Å². The van der Waals surface area contributed by atoms with E-state index in [1.54, 1.807) is 18.6 Å². The zero-order chi connectivity index (χ0) is 10.5. The first-order chi connectivity index (χ1) is 7.38. The molecule has 1 aromatic carbocycles. The van der Waals surface area contributed by atoms with Gasteiger partial charge in [-0.1, -0.05) is 12.1 Å². The van der Waals surface area contributed by atoms with E-state index in [0.29, 0.717) is 5.88 Å². The summed E-state index contributed by atoms with van der Waals surface area (Å²) in [7, 11) is 0. The molecule has 0 radical (unpaired) electrons. The van der Waals surface area contributed by atoms with Gasteiger partial charge in [-0.3, -0.25) is 4.98 Å². The van der Waals surface area contributed by atoms with Gasteiger partial charge >= 0.3 is 0 Å². The topological polar surface area (TPSA) is 37.8 Å². The van der Waals surface area contributed by atoms with Crippen LogP contribution < -0.4 is 5.32 Å². The number of benzene rings is 1. The Hall–Kier alpha value is -1.61. The van der Waals surface area contributed by atoms with Crippen LogP contribution in [0.1, 0.15) is 5.56 Å². The van der Waals surface area contributed by atoms with Crippen molar-refractivity contribution in [2.24, 2.45) is 0 Å². The number of hydrogen-bond acceptors (Lipinski definition) is 3. The fourth-order valence-corrected chi connectivity index (χ4v) is 1.37. The largest absolute Gasteiger partial charge is 0.339 e. The summed E-state index contributed by atoms with van der Waals surface area (Å²) in [5, 5.41) is 3.14. The van der Waals surface area contributed by atoms with E-state index < -0.39 is 0 Å². The highest BCUT2D eigenvalue weighted by Gasteiger charge is 1.95. The van der Waals surface area contributed by atoms with E-state index in [9.17, 15) is 0 Å². The summed E-state index contributed by atoms with van der Waals surface area (Å²) >= 11 is 5.70. The van der Waals surface area contributed by atoms with E-state index in [4.69, 9.17) is 11.6 Å². The minimum absolute atomic E-state index is 0.533. The normalized spacial score (nSPS) is 9.93. The van der Waals surface area contributed by atoms with Crippen molar-refractivity contribution in [1.82, 2.24) is 9.97 Å². The quantitative estimate of drug-likeness (QED) is 0.807. The predicted molar refractivity (Wildman–Crippen MR) is 61.3 cm³/mol. The van der Waals surface area contributed by atoms with Crippen molar-refractivity contribution in [2.45, 2.75) is 5.88 Å². The summed E-state index contributed by atoms with van der Waals surface area (Å²) < 4.78 is 0. The molecule has 3 nitrogen and oxygen atoms in total. The van der Waals surface area contributed by atoms with Gasteiger partial charge in [0.2, 0.25) is 0 Å². The number of hydrogen-bond donors (Lipinski definition) is 1. The molecule has 0 atom stereocenters. The van der Waals surface area contributed by atoms with Gasteiger partial charge in [-0.2, -0.15) is 0 Å². The predicted octanol–water partition coefficient (Wildman–Crippen LogP) is 2.96. The van der Waals surface area contributed by atoms with Crippen LogP contribution in [0.2, 0.25) is 0 Å². The Balaban J connectivity index is 2.11. The monoisotopic (exact) mass is 219 g/mol. The fourth-order valence-electron chi connectivity index (χ4n) is 1.19. The lowest BCUT2D eigenvalue weighted by Gasteiger charge is -2.04. The Morgan fingerprint density at radius 3 is 2.53 bits per heavy atom. The molecule has 2 rings (SSSR count). The third kappa shape index (κ3) is 2.67. The molecule has 0 saturated heterocycles. The van der Waals surface area contributed by atoms with Crippen LogP contribution in [0.25, 0.3) is 0 Å². The summed E-state index contributed by atoms with van der Waals surface area (Å²) in [6.07, 6.45) is 4.96. The lowest BCUT2D eigenvalue weighted by molar-refractivity contribution is 1.20. The van der Waals surface area contributed by atoms with Gasteiger partial charge in [0, 0.05) is 24.0 Å². The van der Waals surface area contributed by atoms with Gasteiger partial charge in [0.05, 0.1) is 6.20 Å². The Bertz CT molecular complexity index is 414. The van der Waals surface area contributed by atoms with Gasteiger partial charge in [0.25, 0.3) is 0 Å². The van der Waals surface area contributed by atoms with Gasteiger partial charge in [0.1, 0.15) is 5.82 Å². The van der Waals surface area contributed by atoms with E-state index in [1.165, 1.54) is 0 Å². The summed E-state index contributed by atoms with van der Waals surface area (Å²) in [6.45, 7) is 0. The minimum atomic E-state index is 0.533. The first kappa shape index (κ1) is 9.93. The molecule has 0 bridgehead atoms. The second-order valence-corrected chi connectivity index (χ2v) is 3.31. The number of nitrogens with zero attached hydrogens (tertiary/aromatic N) is 2. The Morgan fingerprint density at radius 2 is 1.93 bits per heavy atom. The van der Waals surface area contributed by atoms with E-state index in [0.717, 1.165) is 17.1 Å². The van der Waals surface area contributed by atoms with Crippen molar-refractivity contribution in [3.05, 3.63) is 48.4 Å². The van der Waals surface area contributed by atoms with Gasteiger partial charge < -0.3 is 5.32 Å². The second kappa shape index (κ2) is 4.75. The molecule has 76 valence electrons. The second-order valence-electron chi connectivity index (χ2n) is 3.05. The molecule has 0 amide bonds. The number of nitrogens with one attached hydrogen (secondary N) is 1. The zero-order valence-corrected chi connectivity index (χ0v) is 8.78. The third-order valence-corrected chi connectivity index (χ3v) is 2.25. The molecule has 0 unspecified atom stereocenters. The van der Waals surface area contributed by atoms with Crippen LogP contribution in [0, 0.1) is 0 Å². The van der Waals surface area contributed by atoms with Crippen LogP contribution >= 0.6 is 11.6 Å². The molecule has 0 fully saturated rings. The number of anilines is 2. The van der Waals surface area contributed by atoms with Crippen LogP contribution in [-0.2, 0) is 5.88 Å². The molecule has 0 aliphatic rings. The molecule has 1 aromatic heterocycles. The highest BCUT2D eigenvalue weighted by atomic mass is 35.5. The molecular formula is C11H10ClN3. The van der Waals surface area contributed by atoms with Crippen molar-refractivity contribution in [1.29, 1.82) is 0 Å². The average Bonchev–Trinajstić information content (AvgIpc) is 2.31. The van der Waals surface area contributed by atoms with Crippen LogP contribution in [0.3, 0.4) is 0 Å². The summed E-state index contributed by atoms with van der Waals surface area (Å²) in [5.41, 5.74) is 2.07. The van der Waals surface area contributed by atoms with Crippen LogP contribution in [0.15, 0.2) is 42.9 Å². The molecule has 0 aliphatic carbocycles. The molecule has 0 spiro atoms. The molecule has 4 heteroatoms. The van der Waals surface area contributed by atoms with Crippen LogP contribution in [0.5, 0.6) is 0 Å². The number of alkyl halides is 1. The standard InChI is InChI=1S/C11H10ClN3/c12-7-9-1-3-10(4-2-9)15-11-8-13-5-6-14-11/h1-6,8H,7H2,(H,14,15). The first-order valence-electron chi connectivity index (χ1n) is 4.56. The van der Waals surface area contributed by atoms with Gasteiger partial charge in [-0.05, 0) is 17.7 Å². The number of halogens is 1. The van der Waals surface area contributed by atoms with Gasteiger partial charge in [-0.25, -0.2) is 4.98 Å². The van der Waals surface area contributed by atoms with Crippen molar-refractivity contribution < 1.29 is 0 Å². The Labute approximate surface area is 93.1 Å². The first-order valence-corrected chi connectivity index (χ1v) is 5.10. The molecule has 0 saturated carbocycles. The Kier molecular flexibility index (Phi) is 3.15. The van der Waals surface area contributed by atoms with Gasteiger partial charge in [0.15, 0.2) is 0 Å². The van der Waals surface area contributed by atoms with Gasteiger partial charge in [-0.15, -0.1) is 11.6 Å². The SMILES string of the molecule is ClCc1ccc(Nc2cnccn2)cc1. The molecule has 2 aromatic rings. The summed E-state index contributed by atoms with van der Waals surface area (Å²) in [4.78, 5) is 8.09. The van der Waals surface area contributed by atoms with Crippen LogP contribution in [0.4, 0.5) is 11.5 Å². The molecular weight excluding hydrogens is 210 g/mol. The zero-order valence-electron chi connectivity index (χ0n) is 8.02. The van der Waals surface area contributed by atoms with E-state index in [-0.39, 0.29) is 0 Å². The Morgan fingerprint density at radius 1 is 1.13 bits per heavy atom. The molecule has 1 heterocycles. The third-order valence-electron chi connectivity index (χ3n) is 1.94. The maximum absolute atomic E-state index is 5.70. The van der Waals surface area contributed by atoms with E-state index >= 15 is 0 Å². The smallest absolute Gasteiger partial charge is 0.148 e. The average molecular weight is 220 g/mol. The number of aromatic nitrogens is 2. The van der Waals surface area contributed by atoms with Crippen molar-refractivity contribution in [3.63, 3.8) is 0 Å². The van der Waals surface area contributed by atoms with Crippen molar-refractivity contribution in [2.75, 3.05) is 5.32 Å². The molecule has 0 aliphatic heterocycles. The number of rotatable bonds is 3. The van der Waals surface area contributed by atoms with Crippen LogP contribution in [-0.4, -0.2) is 9.97 Å². The van der Waals surface area contributed by atoms with Crippen molar-refractivity contribution in [3.8, 4) is 0 Å². The molecule has 15 heavy (non-hydrogen) atoms. The fraction of sp³-hybridized carbons (Fsp3) is 0.0909.